The quantitative estimate of drug-likeness (QED) is 0.802. The lowest BCUT2D eigenvalue weighted by atomic mass is 9.97. The van der Waals surface area contributed by atoms with Gasteiger partial charge in [-0.05, 0) is 38.5 Å². The third-order valence-corrected chi connectivity index (χ3v) is 7.25. The van der Waals surface area contributed by atoms with Crippen LogP contribution in [0.25, 0.3) is 0 Å². The Morgan fingerprint density at radius 1 is 1.19 bits per heavy atom. The van der Waals surface area contributed by atoms with Crippen LogP contribution in [0.1, 0.15) is 68.9 Å². The van der Waals surface area contributed by atoms with E-state index in [4.69, 9.17) is 4.98 Å². The molecule has 2 aliphatic heterocycles. The summed E-state index contributed by atoms with van der Waals surface area (Å²) in [5.74, 6) is 0.466. The van der Waals surface area contributed by atoms with Crippen LogP contribution in [0.15, 0.2) is 0 Å². The highest BCUT2D eigenvalue weighted by atomic mass is 35.5. The molecule has 2 N–H and O–H groups in total. The van der Waals surface area contributed by atoms with Crippen LogP contribution in [0.2, 0.25) is 0 Å². The second kappa shape index (κ2) is 7.89. The lowest BCUT2D eigenvalue weighted by Crippen LogP contribution is -2.40. The largest absolute Gasteiger partial charge is 0.337 e. The van der Waals surface area contributed by atoms with Crippen molar-refractivity contribution in [3.63, 3.8) is 0 Å². The third-order valence-electron chi connectivity index (χ3n) is 5.93. The Bertz CT molecular complexity index is 809. The van der Waals surface area contributed by atoms with Crippen LogP contribution in [0.5, 0.6) is 0 Å². The molecule has 0 bridgehead atoms. The highest BCUT2D eigenvalue weighted by Gasteiger charge is 2.31. The van der Waals surface area contributed by atoms with E-state index in [1.165, 1.54) is 34.8 Å². The number of nitrogens with zero attached hydrogens (tertiary/aromatic N) is 3. The second-order valence-corrected chi connectivity index (χ2v) is 8.79. The maximum absolute atomic E-state index is 13.1. The van der Waals surface area contributed by atoms with E-state index in [9.17, 15) is 4.79 Å². The summed E-state index contributed by atoms with van der Waals surface area (Å²) in [6, 6.07) is 0. The first kappa shape index (κ1) is 18.9. The first-order valence-electron chi connectivity index (χ1n) is 9.84. The molecule has 8 heteroatoms. The first-order valence-corrected chi connectivity index (χ1v) is 10.7. The molecule has 6 nitrogen and oxygen atoms in total. The number of aromatic amines is 1. The maximum atomic E-state index is 13.1. The van der Waals surface area contributed by atoms with Crippen molar-refractivity contribution in [3.05, 3.63) is 32.5 Å². The minimum absolute atomic E-state index is 0. The lowest BCUT2D eigenvalue weighted by molar-refractivity contribution is 0.0699. The molecule has 5 rings (SSSR count). The predicted octanol–water partition coefficient (Wildman–Crippen LogP) is 2.83. The van der Waals surface area contributed by atoms with E-state index in [0.717, 1.165) is 63.1 Å². The van der Waals surface area contributed by atoms with Crippen molar-refractivity contribution in [1.29, 1.82) is 0 Å². The summed E-state index contributed by atoms with van der Waals surface area (Å²) in [5, 5.41) is 12.0. The van der Waals surface area contributed by atoms with Gasteiger partial charge in [0.2, 0.25) is 0 Å². The topological polar surface area (TPSA) is 73.9 Å². The van der Waals surface area contributed by atoms with Crippen LogP contribution in [0.4, 0.5) is 0 Å². The molecular weight excluding hydrogens is 382 g/mol. The zero-order chi connectivity index (χ0) is 17.5. The molecule has 2 aromatic rings. The molecule has 1 amide bonds. The summed E-state index contributed by atoms with van der Waals surface area (Å²) in [6.45, 7) is 3.29. The van der Waals surface area contributed by atoms with Crippen molar-refractivity contribution >= 4 is 29.7 Å². The monoisotopic (exact) mass is 407 g/mol. The Hall–Kier alpha value is -1.44. The number of amides is 1. The average molecular weight is 408 g/mol. The maximum Gasteiger partial charge on any atom is 0.274 e. The van der Waals surface area contributed by atoms with Crippen LogP contribution in [0.3, 0.4) is 0 Å². The van der Waals surface area contributed by atoms with E-state index in [1.54, 1.807) is 0 Å². The van der Waals surface area contributed by atoms with E-state index in [1.807, 2.05) is 16.2 Å². The van der Waals surface area contributed by atoms with Crippen LogP contribution >= 0.6 is 23.7 Å². The molecule has 1 unspecified atom stereocenters. The van der Waals surface area contributed by atoms with Gasteiger partial charge in [-0.1, -0.05) is 0 Å². The molecule has 27 heavy (non-hydrogen) atoms. The predicted molar refractivity (Wildman–Crippen MR) is 108 cm³/mol. The Balaban J connectivity index is 0.00000180. The number of rotatable bonds is 2. The highest BCUT2D eigenvalue weighted by molar-refractivity contribution is 7.11. The molecule has 1 aliphatic carbocycles. The van der Waals surface area contributed by atoms with Crippen molar-refractivity contribution in [2.75, 3.05) is 19.6 Å². The zero-order valence-electron chi connectivity index (χ0n) is 15.4. The van der Waals surface area contributed by atoms with Crippen molar-refractivity contribution in [3.8, 4) is 0 Å². The Labute approximate surface area is 169 Å². The van der Waals surface area contributed by atoms with Crippen molar-refractivity contribution < 1.29 is 4.79 Å². The van der Waals surface area contributed by atoms with E-state index in [-0.39, 0.29) is 18.3 Å². The smallest absolute Gasteiger partial charge is 0.274 e. The second-order valence-electron chi connectivity index (χ2n) is 7.68. The molecule has 1 saturated heterocycles. The average Bonchev–Trinajstić information content (AvgIpc) is 3.32. The molecule has 0 saturated carbocycles. The molecule has 3 aliphatic rings. The number of nitrogens with one attached hydrogen (secondary N) is 2. The lowest BCUT2D eigenvalue weighted by Gasteiger charge is -2.31. The van der Waals surface area contributed by atoms with E-state index in [2.05, 4.69) is 15.5 Å². The van der Waals surface area contributed by atoms with Crippen LogP contribution in [-0.4, -0.2) is 45.6 Å². The molecule has 146 valence electrons. The van der Waals surface area contributed by atoms with Gasteiger partial charge in [0.15, 0.2) is 5.69 Å². The van der Waals surface area contributed by atoms with Crippen molar-refractivity contribution in [1.82, 2.24) is 25.4 Å². The minimum Gasteiger partial charge on any atom is -0.337 e. The number of hydrogen-bond acceptors (Lipinski definition) is 5. The summed E-state index contributed by atoms with van der Waals surface area (Å²) in [5.41, 5.74) is 4.12. The van der Waals surface area contributed by atoms with Gasteiger partial charge in [0.25, 0.3) is 5.91 Å². The molecular formula is C19H26ClN5OS. The van der Waals surface area contributed by atoms with Crippen LogP contribution in [-0.2, 0) is 25.8 Å². The fourth-order valence-electron chi connectivity index (χ4n) is 4.46. The van der Waals surface area contributed by atoms with Gasteiger partial charge in [0.05, 0.1) is 10.7 Å². The molecule has 1 fully saturated rings. The molecule has 4 heterocycles. The number of halogens is 1. The third kappa shape index (κ3) is 3.52. The Morgan fingerprint density at radius 3 is 2.96 bits per heavy atom. The van der Waals surface area contributed by atoms with E-state index in [0.29, 0.717) is 11.6 Å². The van der Waals surface area contributed by atoms with Gasteiger partial charge in [0, 0.05) is 54.7 Å². The SMILES string of the molecule is Cl.O=C(c1n[nH]c2c1CNCC2)N1CCCC(c2nc3c(s2)CCCC3)C1. The fraction of sp³-hybridized carbons (Fsp3) is 0.632. The summed E-state index contributed by atoms with van der Waals surface area (Å²) >= 11 is 1.90. The standard InChI is InChI=1S/C19H25N5OS.ClH/c25-19(17-13-10-20-8-7-14(13)22-23-17)24-9-3-4-12(11-24)18-21-15-5-1-2-6-16(15)26-18;/h12,20H,1-11H2,(H,22,23);1H. The van der Waals surface area contributed by atoms with Crippen LogP contribution in [0, 0.1) is 0 Å². The van der Waals surface area contributed by atoms with Gasteiger partial charge in [-0.2, -0.15) is 5.10 Å². The number of carbonyl (C=O) groups excluding carboxylic acids is 1. The first-order chi connectivity index (χ1) is 12.8. The fourth-order valence-corrected chi connectivity index (χ4v) is 5.74. The van der Waals surface area contributed by atoms with Gasteiger partial charge in [-0.25, -0.2) is 4.98 Å². The molecule has 0 aromatic carbocycles. The zero-order valence-corrected chi connectivity index (χ0v) is 17.1. The number of aryl methyl sites for hydroxylation is 2. The van der Waals surface area contributed by atoms with Crippen molar-refractivity contribution in [2.45, 2.75) is 57.4 Å². The number of likely N-dealkylation sites (tertiary alicyclic amines) is 1. The van der Waals surface area contributed by atoms with Gasteiger partial charge in [-0.3, -0.25) is 9.89 Å². The summed E-state index contributed by atoms with van der Waals surface area (Å²) < 4.78 is 0. The summed E-state index contributed by atoms with van der Waals surface area (Å²) in [6.07, 6.45) is 7.99. The van der Waals surface area contributed by atoms with Gasteiger partial charge >= 0.3 is 0 Å². The number of H-pyrrole nitrogens is 1. The normalized spacial score (nSPS) is 21.9. The van der Waals surface area contributed by atoms with Gasteiger partial charge in [-0.15, -0.1) is 23.7 Å². The number of hydrogen-bond donors (Lipinski definition) is 2. The highest BCUT2D eigenvalue weighted by Crippen LogP contribution is 2.35. The van der Waals surface area contributed by atoms with Gasteiger partial charge < -0.3 is 10.2 Å². The number of carbonyl (C=O) groups is 1. The van der Waals surface area contributed by atoms with Crippen LogP contribution < -0.4 is 5.32 Å². The van der Waals surface area contributed by atoms with Gasteiger partial charge in [0.1, 0.15) is 0 Å². The summed E-state index contributed by atoms with van der Waals surface area (Å²) in [4.78, 5) is 21.5. The number of thiazole rings is 1. The summed E-state index contributed by atoms with van der Waals surface area (Å²) in [7, 11) is 0. The van der Waals surface area contributed by atoms with E-state index >= 15 is 0 Å². The molecule has 0 radical (unpaired) electrons. The molecule has 0 spiro atoms. The van der Waals surface area contributed by atoms with E-state index < -0.39 is 0 Å². The molecule has 2 aromatic heterocycles. The number of aromatic nitrogens is 3. The Kier molecular flexibility index (Phi) is 5.53. The Morgan fingerprint density at radius 2 is 2.07 bits per heavy atom. The minimum atomic E-state index is 0. The van der Waals surface area contributed by atoms with Crippen molar-refractivity contribution in [2.24, 2.45) is 0 Å². The number of fused-ring (bicyclic) bond motifs is 2. The number of piperidine rings is 1. The molecule has 1 atom stereocenters.